The van der Waals surface area contributed by atoms with Crippen molar-refractivity contribution in [3.8, 4) is 0 Å². The molecule has 2 heterocycles. The summed E-state index contributed by atoms with van der Waals surface area (Å²) in [7, 11) is 0. The predicted molar refractivity (Wildman–Crippen MR) is 87.6 cm³/mol. The van der Waals surface area contributed by atoms with Gasteiger partial charge in [0, 0.05) is 30.2 Å². The maximum atomic E-state index is 3.71. The summed E-state index contributed by atoms with van der Waals surface area (Å²) >= 11 is 0. The zero-order chi connectivity index (χ0) is 14.2. The van der Waals surface area contributed by atoms with Gasteiger partial charge >= 0.3 is 0 Å². The van der Waals surface area contributed by atoms with Gasteiger partial charge in [0.2, 0.25) is 0 Å². The molecule has 0 saturated heterocycles. The van der Waals surface area contributed by atoms with Crippen LogP contribution < -0.4 is 5.32 Å². The molecular weight excluding hydrogens is 256 g/mol. The van der Waals surface area contributed by atoms with Crippen molar-refractivity contribution in [2.75, 3.05) is 6.54 Å². The van der Waals surface area contributed by atoms with Gasteiger partial charge in [-0.25, -0.2) is 0 Å². The van der Waals surface area contributed by atoms with Crippen LogP contribution in [0.25, 0.3) is 10.9 Å². The smallest absolute Gasteiger partial charge is 0.0454 e. The third-order valence-electron chi connectivity index (χ3n) is 4.70. The molecule has 1 aliphatic heterocycles. The van der Waals surface area contributed by atoms with Crippen LogP contribution in [-0.4, -0.2) is 11.5 Å². The molecule has 0 amide bonds. The minimum Gasteiger partial charge on any atom is -0.361 e. The Hall–Kier alpha value is -2.06. The second-order valence-corrected chi connectivity index (χ2v) is 5.87. The fourth-order valence-electron chi connectivity index (χ4n) is 3.58. The maximum absolute atomic E-state index is 3.71. The molecule has 0 spiro atoms. The van der Waals surface area contributed by atoms with E-state index in [-0.39, 0.29) is 0 Å². The minimum absolute atomic E-state index is 0.447. The monoisotopic (exact) mass is 276 g/mol. The first kappa shape index (κ1) is 12.7. The molecule has 0 saturated carbocycles. The van der Waals surface area contributed by atoms with Gasteiger partial charge in [-0.15, -0.1) is 0 Å². The van der Waals surface area contributed by atoms with Crippen molar-refractivity contribution in [3.05, 3.63) is 71.4 Å². The molecule has 2 N–H and O–H groups in total. The van der Waals surface area contributed by atoms with Crippen molar-refractivity contribution >= 4 is 10.9 Å². The van der Waals surface area contributed by atoms with Crippen molar-refractivity contribution < 1.29 is 0 Å². The Bertz CT molecular complexity index is 772. The number of rotatable bonds is 2. The number of aromatic amines is 1. The van der Waals surface area contributed by atoms with E-state index >= 15 is 0 Å². The van der Waals surface area contributed by atoms with Crippen LogP contribution >= 0.6 is 0 Å². The van der Waals surface area contributed by atoms with Crippen molar-refractivity contribution in [1.29, 1.82) is 0 Å². The minimum atomic E-state index is 0.447. The Morgan fingerprint density at radius 2 is 1.90 bits per heavy atom. The molecule has 2 aromatic carbocycles. The van der Waals surface area contributed by atoms with Gasteiger partial charge in [-0.05, 0) is 46.7 Å². The van der Waals surface area contributed by atoms with Crippen LogP contribution in [0.15, 0.2) is 54.7 Å². The summed E-state index contributed by atoms with van der Waals surface area (Å²) in [4.78, 5) is 3.27. The Labute approximate surface area is 125 Å². The molecule has 0 fully saturated rings. The average Bonchev–Trinajstić information content (AvgIpc) is 3.01. The van der Waals surface area contributed by atoms with Crippen molar-refractivity contribution in [3.63, 3.8) is 0 Å². The van der Waals surface area contributed by atoms with Crippen LogP contribution in [0.3, 0.4) is 0 Å². The summed E-state index contributed by atoms with van der Waals surface area (Å²) < 4.78 is 0. The van der Waals surface area contributed by atoms with E-state index in [2.05, 4.69) is 65.8 Å². The van der Waals surface area contributed by atoms with E-state index < -0.39 is 0 Å². The molecule has 2 heteroatoms. The van der Waals surface area contributed by atoms with Gasteiger partial charge in [-0.2, -0.15) is 0 Å². The SMILES string of the molecule is CCC1NCC(c2ccc3[nH]ccc3c2)c2ccccc21. The van der Waals surface area contributed by atoms with Crippen LogP contribution in [0.5, 0.6) is 0 Å². The number of hydrogen-bond acceptors (Lipinski definition) is 1. The molecule has 4 rings (SSSR count). The first-order valence-electron chi connectivity index (χ1n) is 7.76. The van der Waals surface area contributed by atoms with E-state index in [1.807, 2.05) is 6.20 Å². The highest BCUT2D eigenvalue weighted by Gasteiger charge is 2.26. The van der Waals surface area contributed by atoms with Crippen LogP contribution in [0, 0.1) is 0 Å². The summed E-state index contributed by atoms with van der Waals surface area (Å²) in [6.07, 6.45) is 3.15. The molecule has 0 aliphatic carbocycles. The van der Waals surface area contributed by atoms with E-state index in [0.717, 1.165) is 13.0 Å². The van der Waals surface area contributed by atoms with E-state index in [1.54, 1.807) is 0 Å². The summed E-state index contributed by atoms with van der Waals surface area (Å²) in [5.74, 6) is 0.447. The van der Waals surface area contributed by atoms with Gasteiger partial charge in [0.25, 0.3) is 0 Å². The first-order chi connectivity index (χ1) is 10.4. The predicted octanol–water partition coefficient (Wildman–Crippen LogP) is 4.35. The quantitative estimate of drug-likeness (QED) is 0.715. The first-order valence-corrected chi connectivity index (χ1v) is 7.76. The molecule has 2 nitrogen and oxygen atoms in total. The number of hydrogen-bond donors (Lipinski definition) is 2. The second-order valence-electron chi connectivity index (χ2n) is 5.87. The lowest BCUT2D eigenvalue weighted by molar-refractivity contribution is 0.468. The molecule has 2 atom stereocenters. The normalized spacial score (nSPS) is 21.4. The van der Waals surface area contributed by atoms with Gasteiger partial charge in [0.1, 0.15) is 0 Å². The number of nitrogens with one attached hydrogen (secondary N) is 2. The molecule has 106 valence electrons. The zero-order valence-electron chi connectivity index (χ0n) is 12.3. The second kappa shape index (κ2) is 5.05. The van der Waals surface area contributed by atoms with Crippen molar-refractivity contribution in [1.82, 2.24) is 10.3 Å². The van der Waals surface area contributed by atoms with E-state index in [0.29, 0.717) is 12.0 Å². The van der Waals surface area contributed by atoms with E-state index in [4.69, 9.17) is 0 Å². The Morgan fingerprint density at radius 3 is 2.76 bits per heavy atom. The van der Waals surface area contributed by atoms with Crippen LogP contribution in [0.2, 0.25) is 0 Å². The molecule has 1 aliphatic rings. The largest absolute Gasteiger partial charge is 0.361 e. The molecule has 1 aromatic heterocycles. The molecule has 21 heavy (non-hydrogen) atoms. The van der Waals surface area contributed by atoms with E-state index in [9.17, 15) is 0 Å². The lowest BCUT2D eigenvalue weighted by Gasteiger charge is -2.32. The van der Waals surface area contributed by atoms with Crippen molar-refractivity contribution in [2.24, 2.45) is 0 Å². The topological polar surface area (TPSA) is 27.8 Å². The Balaban J connectivity index is 1.81. The van der Waals surface area contributed by atoms with Gasteiger partial charge < -0.3 is 10.3 Å². The highest BCUT2D eigenvalue weighted by Crippen LogP contribution is 2.36. The molecule has 3 aromatic rings. The maximum Gasteiger partial charge on any atom is 0.0454 e. The number of H-pyrrole nitrogens is 1. The van der Waals surface area contributed by atoms with E-state index in [1.165, 1.54) is 27.6 Å². The van der Waals surface area contributed by atoms with Gasteiger partial charge in [-0.1, -0.05) is 37.3 Å². The lowest BCUT2D eigenvalue weighted by Crippen LogP contribution is -2.33. The molecule has 0 bridgehead atoms. The van der Waals surface area contributed by atoms with Crippen LogP contribution in [0.4, 0.5) is 0 Å². The summed E-state index contributed by atoms with van der Waals surface area (Å²) in [6.45, 7) is 3.27. The number of fused-ring (bicyclic) bond motifs is 2. The summed E-state index contributed by atoms with van der Waals surface area (Å²) in [5.41, 5.74) is 5.56. The third kappa shape index (κ3) is 2.07. The van der Waals surface area contributed by atoms with Gasteiger partial charge in [0.05, 0.1) is 0 Å². The van der Waals surface area contributed by atoms with Crippen LogP contribution in [-0.2, 0) is 0 Å². The highest BCUT2D eigenvalue weighted by molar-refractivity contribution is 5.80. The summed E-state index contributed by atoms with van der Waals surface area (Å²) in [5, 5.41) is 5.00. The number of aromatic nitrogens is 1. The highest BCUT2D eigenvalue weighted by atomic mass is 14.9. The average molecular weight is 276 g/mol. The standard InChI is InChI=1S/C19H20N2/c1-2-18-16-6-4-3-5-15(16)17(12-21-18)13-7-8-19-14(11-13)9-10-20-19/h3-11,17-18,20-21H,2,12H2,1H3. The fourth-order valence-corrected chi connectivity index (χ4v) is 3.58. The lowest BCUT2D eigenvalue weighted by atomic mass is 9.82. The summed E-state index contributed by atoms with van der Waals surface area (Å²) in [6, 6.07) is 18.3. The Kier molecular flexibility index (Phi) is 3.04. The molecule has 0 radical (unpaired) electrons. The van der Waals surface area contributed by atoms with Gasteiger partial charge in [-0.3, -0.25) is 0 Å². The van der Waals surface area contributed by atoms with Crippen molar-refractivity contribution in [2.45, 2.75) is 25.3 Å². The third-order valence-corrected chi connectivity index (χ3v) is 4.70. The van der Waals surface area contributed by atoms with Gasteiger partial charge in [0.15, 0.2) is 0 Å². The van der Waals surface area contributed by atoms with Crippen LogP contribution in [0.1, 0.15) is 42.0 Å². The number of benzene rings is 2. The molecular formula is C19H20N2. The fraction of sp³-hybridized carbons (Fsp3) is 0.263. The molecule has 2 unspecified atom stereocenters. The Morgan fingerprint density at radius 1 is 1.05 bits per heavy atom. The zero-order valence-corrected chi connectivity index (χ0v) is 12.3.